The Morgan fingerprint density at radius 3 is 2.73 bits per heavy atom. The van der Waals surface area contributed by atoms with Gasteiger partial charge in [-0.15, -0.1) is 0 Å². The summed E-state index contributed by atoms with van der Waals surface area (Å²) in [6.07, 6.45) is 3.38. The van der Waals surface area contributed by atoms with Crippen molar-refractivity contribution in [2.24, 2.45) is 5.92 Å². The Hall–Kier alpha value is -2.96. The molecule has 0 atom stereocenters. The fourth-order valence-electron chi connectivity index (χ4n) is 3.09. The lowest BCUT2D eigenvalue weighted by Crippen LogP contribution is -2.40. The minimum absolute atomic E-state index is 0.0330. The zero-order valence-electron chi connectivity index (χ0n) is 14.9. The van der Waals surface area contributed by atoms with Gasteiger partial charge in [0.15, 0.2) is 5.82 Å². The third kappa shape index (κ3) is 3.82. The third-order valence-electron chi connectivity index (χ3n) is 4.64. The van der Waals surface area contributed by atoms with Crippen LogP contribution < -0.4 is 5.32 Å². The number of carbonyl (C=O) groups is 2. The minimum atomic E-state index is -0.115. The van der Waals surface area contributed by atoms with E-state index in [1.807, 2.05) is 31.2 Å². The van der Waals surface area contributed by atoms with Crippen LogP contribution in [0.1, 0.15) is 25.6 Å². The van der Waals surface area contributed by atoms with Crippen molar-refractivity contribution >= 4 is 17.5 Å². The third-order valence-corrected chi connectivity index (χ3v) is 4.64. The number of aromatic amines is 1. The van der Waals surface area contributed by atoms with Gasteiger partial charge in [0.25, 0.3) is 0 Å². The van der Waals surface area contributed by atoms with E-state index < -0.39 is 0 Å². The summed E-state index contributed by atoms with van der Waals surface area (Å²) in [7, 11) is 0. The van der Waals surface area contributed by atoms with Crippen molar-refractivity contribution in [1.29, 1.82) is 0 Å². The van der Waals surface area contributed by atoms with Crippen LogP contribution in [0.25, 0.3) is 11.4 Å². The fraction of sp³-hybridized carbons (Fsp3) is 0.368. The molecule has 0 radical (unpaired) electrons. The number of piperidine rings is 1. The van der Waals surface area contributed by atoms with Crippen LogP contribution in [0.5, 0.6) is 0 Å². The number of para-hydroxylation sites is 1. The van der Waals surface area contributed by atoms with Gasteiger partial charge >= 0.3 is 0 Å². The molecule has 26 heavy (non-hydrogen) atoms. The molecule has 0 bridgehead atoms. The fourth-order valence-corrected chi connectivity index (χ4v) is 3.09. The number of aromatic nitrogens is 3. The van der Waals surface area contributed by atoms with Gasteiger partial charge in [-0.3, -0.25) is 14.7 Å². The molecule has 3 rings (SSSR count). The van der Waals surface area contributed by atoms with Gasteiger partial charge in [0.05, 0.1) is 5.69 Å². The lowest BCUT2D eigenvalue weighted by molar-refractivity contribution is -0.130. The van der Waals surface area contributed by atoms with Crippen molar-refractivity contribution < 1.29 is 9.59 Å². The van der Waals surface area contributed by atoms with Crippen molar-refractivity contribution in [2.45, 2.75) is 26.2 Å². The minimum Gasteiger partial charge on any atom is -0.339 e. The number of nitrogens with zero attached hydrogens (tertiary/aromatic N) is 3. The maximum atomic E-state index is 12.7. The number of amides is 2. The molecule has 0 spiro atoms. The summed E-state index contributed by atoms with van der Waals surface area (Å²) in [4.78, 5) is 30.5. The van der Waals surface area contributed by atoms with E-state index in [1.54, 1.807) is 4.90 Å². The van der Waals surface area contributed by atoms with Crippen LogP contribution in [0.3, 0.4) is 0 Å². The van der Waals surface area contributed by atoms with Crippen LogP contribution in [0.15, 0.2) is 36.9 Å². The van der Waals surface area contributed by atoms with Gasteiger partial charge in [-0.05, 0) is 31.1 Å². The van der Waals surface area contributed by atoms with Gasteiger partial charge in [-0.1, -0.05) is 25.6 Å². The van der Waals surface area contributed by atoms with Gasteiger partial charge in [-0.2, -0.15) is 5.10 Å². The molecule has 1 aliphatic rings. The van der Waals surface area contributed by atoms with Crippen LogP contribution in [-0.4, -0.2) is 45.0 Å². The number of H-pyrrole nitrogens is 1. The van der Waals surface area contributed by atoms with Crippen molar-refractivity contribution in [1.82, 2.24) is 20.1 Å². The van der Waals surface area contributed by atoms with Gasteiger partial charge in [0, 0.05) is 31.0 Å². The molecular formula is C19H23N5O2. The number of hydrogen-bond donors (Lipinski definition) is 2. The number of hydrogen-bond acceptors (Lipinski definition) is 4. The molecule has 7 heteroatoms. The Labute approximate surface area is 152 Å². The Morgan fingerprint density at radius 1 is 1.35 bits per heavy atom. The van der Waals surface area contributed by atoms with Crippen LogP contribution in [0.2, 0.25) is 0 Å². The molecule has 0 aliphatic carbocycles. The topological polar surface area (TPSA) is 91.0 Å². The number of benzene rings is 1. The van der Waals surface area contributed by atoms with Crippen molar-refractivity contribution in [2.75, 3.05) is 18.4 Å². The molecule has 2 amide bonds. The van der Waals surface area contributed by atoms with Crippen LogP contribution in [0.4, 0.5) is 5.69 Å². The van der Waals surface area contributed by atoms with Gasteiger partial charge < -0.3 is 10.2 Å². The van der Waals surface area contributed by atoms with E-state index in [0.29, 0.717) is 37.4 Å². The zero-order chi connectivity index (χ0) is 18.5. The summed E-state index contributed by atoms with van der Waals surface area (Å²) in [5.41, 5.74) is 1.49. The summed E-state index contributed by atoms with van der Waals surface area (Å²) in [6, 6.07) is 7.51. The molecule has 7 nitrogen and oxygen atoms in total. The average molecular weight is 353 g/mol. The summed E-state index contributed by atoms with van der Waals surface area (Å²) < 4.78 is 0. The number of aryl methyl sites for hydroxylation is 1. The second kappa shape index (κ2) is 7.95. The molecule has 2 heterocycles. The molecule has 1 aromatic heterocycles. The second-order valence-electron chi connectivity index (χ2n) is 6.30. The first kappa shape index (κ1) is 17.8. The summed E-state index contributed by atoms with van der Waals surface area (Å²) >= 11 is 0. The van der Waals surface area contributed by atoms with Gasteiger partial charge in [0.2, 0.25) is 11.8 Å². The first-order chi connectivity index (χ1) is 12.6. The molecule has 1 fully saturated rings. The Morgan fingerprint density at radius 2 is 2.08 bits per heavy atom. The molecule has 2 aromatic rings. The van der Waals surface area contributed by atoms with E-state index in [-0.39, 0.29) is 17.7 Å². The molecular weight excluding hydrogens is 330 g/mol. The highest BCUT2D eigenvalue weighted by Gasteiger charge is 2.27. The SMILES string of the molecule is C=CC(=O)N1CCC(C(=O)Nc2ccccc2-c2n[nH]c(CC)n2)CC1. The lowest BCUT2D eigenvalue weighted by Gasteiger charge is -2.30. The van der Waals surface area contributed by atoms with Crippen molar-refractivity contribution in [3.63, 3.8) is 0 Å². The molecule has 0 unspecified atom stereocenters. The van der Waals surface area contributed by atoms with Crippen molar-refractivity contribution in [3.8, 4) is 11.4 Å². The molecule has 1 aliphatic heterocycles. The van der Waals surface area contributed by atoms with E-state index in [1.165, 1.54) is 6.08 Å². The van der Waals surface area contributed by atoms with E-state index in [4.69, 9.17) is 0 Å². The van der Waals surface area contributed by atoms with Gasteiger partial charge in [0.1, 0.15) is 5.82 Å². The first-order valence-corrected chi connectivity index (χ1v) is 8.85. The number of likely N-dealkylation sites (tertiary alicyclic amines) is 1. The monoisotopic (exact) mass is 353 g/mol. The quantitative estimate of drug-likeness (QED) is 0.808. The molecule has 136 valence electrons. The highest BCUT2D eigenvalue weighted by atomic mass is 16.2. The maximum Gasteiger partial charge on any atom is 0.245 e. The molecule has 1 saturated heterocycles. The lowest BCUT2D eigenvalue weighted by atomic mass is 9.95. The summed E-state index contributed by atoms with van der Waals surface area (Å²) in [5.74, 6) is 1.15. The van der Waals surface area contributed by atoms with E-state index >= 15 is 0 Å². The number of carbonyl (C=O) groups excluding carboxylic acids is 2. The predicted molar refractivity (Wildman–Crippen MR) is 99.3 cm³/mol. The number of anilines is 1. The van der Waals surface area contributed by atoms with E-state index in [0.717, 1.165) is 17.8 Å². The Kier molecular flexibility index (Phi) is 5.46. The molecule has 0 saturated carbocycles. The van der Waals surface area contributed by atoms with Crippen LogP contribution in [-0.2, 0) is 16.0 Å². The zero-order valence-corrected chi connectivity index (χ0v) is 14.9. The highest BCUT2D eigenvalue weighted by Crippen LogP contribution is 2.27. The summed E-state index contributed by atoms with van der Waals surface area (Å²) in [5, 5.41) is 10.1. The largest absolute Gasteiger partial charge is 0.339 e. The summed E-state index contributed by atoms with van der Waals surface area (Å²) in [6.45, 7) is 6.66. The van der Waals surface area contributed by atoms with E-state index in [2.05, 4.69) is 27.1 Å². The average Bonchev–Trinajstić information content (AvgIpc) is 3.17. The number of rotatable bonds is 5. The predicted octanol–water partition coefficient (Wildman–Crippen LogP) is 2.40. The van der Waals surface area contributed by atoms with Gasteiger partial charge in [-0.25, -0.2) is 4.98 Å². The van der Waals surface area contributed by atoms with Crippen molar-refractivity contribution in [3.05, 3.63) is 42.7 Å². The van der Waals surface area contributed by atoms with Crippen LogP contribution >= 0.6 is 0 Å². The van der Waals surface area contributed by atoms with E-state index in [9.17, 15) is 9.59 Å². The second-order valence-corrected chi connectivity index (χ2v) is 6.30. The Bertz CT molecular complexity index is 806. The number of nitrogens with one attached hydrogen (secondary N) is 2. The first-order valence-electron chi connectivity index (χ1n) is 8.85. The molecule has 1 aromatic carbocycles. The standard InChI is InChI=1S/C19H23N5O2/c1-3-16-21-18(23-22-16)14-7-5-6-8-15(14)20-19(26)13-9-11-24(12-10-13)17(25)4-2/h4-8,13H,2-3,9-12H2,1H3,(H,20,26)(H,21,22,23). The normalized spacial score (nSPS) is 14.9. The van der Waals surface area contributed by atoms with Crippen LogP contribution in [0, 0.1) is 5.92 Å². The maximum absolute atomic E-state index is 12.7. The highest BCUT2D eigenvalue weighted by molar-refractivity contribution is 5.96. The Balaban J connectivity index is 1.69. The smallest absolute Gasteiger partial charge is 0.245 e. The molecule has 2 N–H and O–H groups in total.